The predicted molar refractivity (Wildman–Crippen MR) is 70.0 cm³/mol. The Morgan fingerprint density at radius 1 is 1.17 bits per heavy atom. The molecule has 7 heteroatoms. The first-order chi connectivity index (χ1) is 8.56. The minimum absolute atomic E-state index is 0.176. The molecule has 0 radical (unpaired) electrons. The molecule has 2 rings (SSSR count). The van der Waals surface area contributed by atoms with Gasteiger partial charge >= 0.3 is 0 Å². The molecule has 0 aliphatic heterocycles. The van der Waals surface area contributed by atoms with Gasteiger partial charge in [-0.2, -0.15) is 15.0 Å². The van der Waals surface area contributed by atoms with Crippen molar-refractivity contribution in [2.24, 2.45) is 0 Å². The van der Waals surface area contributed by atoms with Crippen molar-refractivity contribution in [1.29, 1.82) is 0 Å². The van der Waals surface area contributed by atoms with E-state index in [1.165, 1.54) is 0 Å². The van der Waals surface area contributed by atoms with Crippen LogP contribution < -0.4 is 9.80 Å². The molecule has 0 saturated carbocycles. The van der Waals surface area contributed by atoms with Crippen LogP contribution >= 0.6 is 11.6 Å². The Morgan fingerprint density at radius 2 is 1.89 bits per heavy atom. The smallest absolute Gasteiger partial charge is 0.231 e. The highest BCUT2D eigenvalue weighted by Gasteiger charge is 2.11. The third kappa shape index (κ3) is 2.89. The molecule has 0 fully saturated rings. The Kier molecular flexibility index (Phi) is 3.66. The van der Waals surface area contributed by atoms with Gasteiger partial charge < -0.3 is 14.2 Å². The molecule has 96 valence electrons. The van der Waals surface area contributed by atoms with Gasteiger partial charge in [-0.3, -0.25) is 0 Å². The summed E-state index contributed by atoms with van der Waals surface area (Å²) >= 11 is 5.88. The summed E-state index contributed by atoms with van der Waals surface area (Å²) in [5, 5.41) is 0.176. The topological polar surface area (TPSA) is 58.3 Å². The van der Waals surface area contributed by atoms with Crippen LogP contribution in [0.25, 0.3) is 0 Å². The zero-order valence-corrected chi connectivity index (χ0v) is 11.2. The van der Waals surface area contributed by atoms with E-state index in [0.29, 0.717) is 18.4 Å². The Morgan fingerprint density at radius 3 is 2.50 bits per heavy atom. The maximum Gasteiger partial charge on any atom is 0.231 e. The molecule has 0 spiro atoms. The number of aromatic nitrogens is 3. The molecular formula is C11H14ClN5O. The van der Waals surface area contributed by atoms with Crippen molar-refractivity contribution >= 4 is 23.5 Å². The molecule has 0 amide bonds. The van der Waals surface area contributed by atoms with E-state index in [0.717, 1.165) is 5.76 Å². The fourth-order valence-electron chi connectivity index (χ4n) is 1.41. The molecule has 6 nitrogen and oxygen atoms in total. The maximum atomic E-state index is 5.88. The maximum absolute atomic E-state index is 5.88. The fraction of sp³-hybridized carbons (Fsp3) is 0.364. The largest absolute Gasteiger partial charge is 0.467 e. The molecule has 18 heavy (non-hydrogen) atoms. The van der Waals surface area contributed by atoms with Gasteiger partial charge in [0.15, 0.2) is 0 Å². The highest BCUT2D eigenvalue weighted by atomic mass is 35.5. The van der Waals surface area contributed by atoms with E-state index < -0.39 is 0 Å². The average molecular weight is 268 g/mol. The third-order valence-corrected chi connectivity index (χ3v) is 2.47. The summed E-state index contributed by atoms with van der Waals surface area (Å²) in [6.07, 6.45) is 1.63. The number of nitrogens with zero attached hydrogens (tertiary/aromatic N) is 5. The molecule has 2 heterocycles. The molecule has 0 aromatic carbocycles. The average Bonchev–Trinajstić information content (AvgIpc) is 2.80. The Balaban J connectivity index is 2.21. The molecule has 2 aromatic rings. The van der Waals surface area contributed by atoms with E-state index in [-0.39, 0.29) is 5.28 Å². The third-order valence-electron chi connectivity index (χ3n) is 2.30. The van der Waals surface area contributed by atoms with Crippen molar-refractivity contribution in [3.05, 3.63) is 29.4 Å². The standard InChI is InChI=1S/C11H14ClN5O/c1-16(2)10-13-9(12)14-11(15-10)17(3)7-8-5-4-6-18-8/h4-6H,7H2,1-3H3. The van der Waals surface area contributed by atoms with E-state index in [2.05, 4.69) is 15.0 Å². The van der Waals surface area contributed by atoms with Crippen LogP contribution in [0.5, 0.6) is 0 Å². The van der Waals surface area contributed by atoms with Crippen LogP contribution in [-0.2, 0) is 6.54 Å². The van der Waals surface area contributed by atoms with Gasteiger partial charge in [0.2, 0.25) is 17.2 Å². The van der Waals surface area contributed by atoms with E-state index in [9.17, 15) is 0 Å². The Hall–Kier alpha value is -1.82. The lowest BCUT2D eigenvalue weighted by molar-refractivity contribution is 0.506. The normalized spacial score (nSPS) is 10.4. The van der Waals surface area contributed by atoms with E-state index in [1.807, 2.05) is 38.2 Å². The second kappa shape index (κ2) is 5.22. The molecule has 0 N–H and O–H groups in total. The molecule has 2 aromatic heterocycles. The molecule has 0 bridgehead atoms. The van der Waals surface area contributed by atoms with Crippen LogP contribution in [0.2, 0.25) is 5.28 Å². The highest BCUT2D eigenvalue weighted by Crippen LogP contribution is 2.16. The van der Waals surface area contributed by atoms with E-state index >= 15 is 0 Å². The lowest BCUT2D eigenvalue weighted by Gasteiger charge is -2.17. The second-order valence-electron chi connectivity index (χ2n) is 4.03. The van der Waals surface area contributed by atoms with Crippen molar-refractivity contribution < 1.29 is 4.42 Å². The van der Waals surface area contributed by atoms with Gasteiger partial charge in [0.25, 0.3) is 0 Å². The lowest BCUT2D eigenvalue weighted by Crippen LogP contribution is -2.21. The Bertz CT molecular complexity index is 514. The number of halogens is 1. The predicted octanol–water partition coefficient (Wildman–Crippen LogP) is 1.82. The monoisotopic (exact) mass is 267 g/mol. The molecule has 0 unspecified atom stereocenters. The molecule has 0 atom stereocenters. The second-order valence-corrected chi connectivity index (χ2v) is 4.37. The minimum Gasteiger partial charge on any atom is -0.467 e. The van der Waals surface area contributed by atoms with Crippen molar-refractivity contribution in [2.75, 3.05) is 30.9 Å². The minimum atomic E-state index is 0.176. The van der Waals surface area contributed by atoms with Crippen LogP contribution in [0.1, 0.15) is 5.76 Å². The van der Waals surface area contributed by atoms with E-state index in [4.69, 9.17) is 16.0 Å². The summed E-state index contributed by atoms with van der Waals surface area (Å²) in [5.74, 6) is 1.87. The van der Waals surface area contributed by atoms with Crippen molar-refractivity contribution in [1.82, 2.24) is 15.0 Å². The zero-order chi connectivity index (χ0) is 13.1. The number of hydrogen-bond donors (Lipinski definition) is 0. The van der Waals surface area contributed by atoms with Gasteiger partial charge in [-0.1, -0.05) is 0 Å². The van der Waals surface area contributed by atoms with Crippen molar-refractivity contribution in [3.63, 3.8) is 0 Å². The number of hydrogen-bond acceptors (Lipinski definition) is 6. The fourth-order valence-corrected chi connectivity index (χ4v) is 1.56. The summed E-state index contributed by atoms with van der Waals surface area (Å²) < 4.78 is 5.28. The first kappa shape index (κ1) is 12.6. The quantitative estimate of drug-likeness (QED) is 0.842. The van der Waals surface area contributed by atoms with Crippen LogP contribution in [-0.4, -0.2) is 36.1 Å². The van der Waals surface area contributed by atoms with Crippen LogP contribution in [0.3, 0.4) is 0 Å². The number of anilines is 2. The first-order valence-corrected chi connectivity index (χ1v) is 5.76. The SMILES string of the molecule is CN(C)c1nc(Cl)nc(N(C)Cc2ccco2)n1. The summed E-state index contributed by atoms with van der Waals surface area (Å²) in [4.78, 5) is 16.1. The molecule has 0 aliphatic rings. The first-order valence-electron chi connectivity index (χ1n) is 5.38. The summed E-state index contributed by atoms with van der Waals surface area (Å²) in [5.41, 5.74) is 0. The summed E-state index contributed by atoms with van der Waals surface area (Å²) in [6, 6.07) is 3.74. The van der Waals surface area contributed by atoms with Crippen molar-refractivity contribution in [3.8, 4) is 0 Å². The van der Waals surface area contributed by atoms with Crippen LogP contribution in [0.15, 0.2) is 22.8 Å². The molecule has 0 saturated heterocycles. The van der Waals surface area contributed by atoms with Gasteiger partial charge in [-0.15, -0.1) is 0 Å². The van der Waals surface area contributed by atoms with Gasteiger partial charge in [0.05, 0.1) is 12.8 Å². The Labute approximate surface area is 110 Å². The van der Waals surface area contributed by atoms with Gasteiger partial charge in [0, 0.05) is 21.1 Å². The van der Waals surface area contributed by atoms with Gasteiger partial charge in [-0.25, -0.2) is 0 Å². The number of rotatable bonds is 4. The van der Waals surface area contributed by atoms with Crippen molar-refractivity contribution in [2.45, 2.75) is 6.54 Å². The van der Waals surface area contributed by atoms with Gasteiger partial charge in [-0.05, 0) is 23.7 Å². The molecule has 0 aliphatic carbocycles. The lowest BCUT2D eigenvalue weighted by atomic mass is 10.4. The van der Waals surface area contributed by atoms with Gasteiger partial charge in [0.1, 0.15) is 5.76 Å². The summed E-state index contributed by atoms with van der Waals surface area (Å²) in [6.45, 7) is 0.570. The molecular weight excluding hydrogens is 254 g/mol. The highest BCUT2D eigenvalue weighted by molar-refractivity contribution is 6.28. The number of furan rings is 1. The van der Waals surface area contributed by atoms with E-state index in [1.54, 1.807) is 11.2 Å². The zero-order valence-electron chi connectivity index (χ0n) is 10.5. The van der Waals surface area contributed by atoms with Crippen LogP contribution in [0, 0.1) is 0 Å². The van der Waals surface area contributed by atoms with Crippen LogP contribution in [0.4, 0.5) is 11.9 Å². The summed E-state index contributed by atoms with van der Waals surface area (Å²) in [7, 11) is 5.57.